The second-order valence-corrected chi connectivity index (χ2v) is 3.30. The molecule has 0 aromatic heterocycles. The molecule has 1 nitrogen and oxygen atoms in total. The Balaban J connectivity index is 2.09. The van der Waals surface area contributed by atoms with Crippen molar-refractivity contribution in [2.75, 3.05) is 13.7 Å². The maximum atomic E-state index is 4.85. The van der Waals surface area contributed by atoms with E-state index in [1.54, 1.807) is 7.11 Å². The van der Waals surface area contributed by atoms with Crippen LogP contribution < -0.4 is 0 Å². The van der Waals surface area contributed by atoms with Gasteiger partial charge in [-0.3, -0.25) is 0 Å². The topological polar surface area (TPSA) is 9.23 Å². The smallest absolute Gasteiger partial charge is 0.107 e. The quantitative estimate of drug-likeness (QED) is 0.571. The molecule has 1 rings (SSSR count). The summed E-state index contributed by atoms with van der Waals surface area (Å²) in [5, 5.41) is 0. The van der Waals surface area contributed by atoms with Gasteiger partial charge in [0.05, 0.1) is 0 Å². The highest BCUT2D eigenvalue weighted by atomic mass is 16.5. The zero-order valence-corrected chi connectivity index (χ0v) is 7.81. The van der Waals surface area contributed by atoms with Crippen LogP contribution in [0.2, 0.25) is 0 Å². The van der Waals surface area contributed by atoms with Crippen molar-refractivity contribution in [2.24, 2.45) is 5.92 Å². The van der Waals surface area contributed by atoms with Crippen LogP contribution in [0.15, 0.2) is 0 Å². The molecule has 0 atom stereocenters. The number of rotatable bonds is 2. The lowest BCUT2D eigenvalue weighted by Crippen LogP contribution is -2.05. The molecule has 1 heteroatoms. The monoisotopic (exact) mass is 165 g/mol. The SMILES string of the molecule is COCC#CCC1CC[CH]CC1. The highest BCUT2D eigenvalue weighted by Crippen LogP contribution is 2.24. The number of methoxy groups -OCH3 is 1. The van der Waals surface area contributed by atoms with E-state index >= 15 is 0 Å². The molecule has 0 saturated heterocycles. The predicted octanol–water partition coefficient (Wildman–Crippen LogP) is 2.42. The summed E-state index contributed by atoms with van der Waals surface area (Å²) in [4.78, 5) is 0. The number of ether oxygens (including phenoxy) is 1. The summed E-state index contributed by atoms with van der Waals surface area (Å²) in [5.41, 5.74) is 0. The van der Waals surface area contributed by atoms with Crippen LogP contribution in [0.4, 0.5) is 0 Å². The molecule has 0 heterocycles. The molecule has 1 aliphatic rings. The predicted molar refractivity (Wildman–Crippen MR) is 50.5 cm³/mol. The third-order valence-corrected chi connectivity index (χ3v) is 2.29. The summed E-state index contributed by atoms with van der Waals surface area (Å²) in [6.07, 6.45) is 8.70. The zero-order chi connectivity index (χ0) is 8.65. The minimum absolute atomic E-state index is 0.582. The summed E-state index contributed by atoms with van der Waals surface area (Å²) in [7, 11) is 1.68. The van der Waals surface area contributed by atoms with E-state index in [2.05, 4.69) is 18.3 Å². The second-order valence-electron chi connectivity index (χ2n) is 3.30. The van der Waals surface area contributed by atoms with Gasteiger partial charge in [-0.25, -0.2) is 0 Å². The first kappa shape index (κ1) is 9.61. The first-order chi connectivity index (χ1) is 5.93. The van der Waals surface area contributed by atoms with Crippen LogP contribution in [-0.4, -0.2) is 13.7 Å². The summed E-state index contributed by atoms with van der Waals surface area (Å²) < 4.78 is 4.85. The lowest BCUT2D eigenvalue weighted by Gasteiger charge is -2.18. The maximum absolute atomic E-state index is 4.85. The van der Waals surface area contributed by atoms with Gasteiger partial charge in [0.1, 0.15) is 6.61 Å². The van der Waals surface area contributed by atoms with Gasteiger partial charge in [-0.05, 0) is 38.0 Å². The number of hydrogen-bond donors (Lipinski definition) is 0. The van der Waals surface area contributed by atoms with Crippen LogP contribution in [0.25, 0.3) is 0 Å². The molecule has 0 N–H and O–H groups in total. The van der Waals surface area contributed by atoms with Gasteiger partial charge in [0.2, 0.25) is 0 Å². The van der Waals surface area contributed by atoms with Crippen molar-refractivity contribution in [3.05, 3.63) is 6.42 Å². The molecule has 0 aliphatic heterocycles. The van der Waals surface area contributed by atoms with E-state index in [1.807, 2.05) is 0 Å². The summed E-state index contributed by atoms with van der Waals surface area (Å²) in [6.45, 7) is 0.582. The van der Waals surface area contributed by atoms with Crippen molar-refractivity contribution < 1.29 is 4.74 Å². The van der Waals surface area contributed by atoms with E-state index in [0.717, 1.165) is 12.3 Å². The standard InChI is InChI=1S/C11H17O/c1-12-10-6-5-9-11-7-3-2-4-8-11/h2,11H,3-4,7-10H2,1H3. The minimum atomic E-state index is 0.582. The van der Waals surface area contributed by atoms with Crippen LogP contribution in [-0.2, 0) is 4.74 Å². The van der Waals surface area contributed by atoms with Crippen LogP contribution in [0.5, 0.6) is 0 Å². The van der Waals surface area contributed by atoms with E-state index in [9.17, 15) is 0 Å². The highest BCUT2D eigenvalue weighted by molar-refractivity contribution is 5.00. The Morgan fingerprint density at radius 1 is 1.33 bits per heavy atom. The molecular weight excluding hydrogens is 148 g/mol. The average Bonchev–Trinajstić information content (AvgIpc) is 2.14. The molecule has 67 valence electrons. The van der Waals surface area contributed by atoms with Crippen molar-refractivity contribution >= 4 is 0 Å². The lowest BCUT2D eigenvalue weighted by atomic mass is 9.87. The fraction of sp³-hybridized carbons (Fsp3) is 0.727. The third-order valence-electron chi connectivity index (χ3n) is 2.29. The van der Waals surface area contributed by atoms with Gasteiger partial charge in [0, 0.05) is 13.5 Å². The molecule has 1 saturated carbocycles. The van der Waals surface area contributed by atoms with Crippen molar-refractivity contribution in [1.29, 1.82) is 0 Å². The Bertz CT molecular complexity index is 158. The molecule has 0 aromatic carbocycles. The van der Waals surface area contributed by atoms with E-state index in [-0.39, 0.29) is 0 Å². The third kappa shape index (κ3) is 3.78. The highest BCUT2D eigenvalue weighted by Gasteiger charge is 2.11. The lowest BCUT2D eigenvalue weighted by molar-refractivity contribution is 0.239. The van der Waals surface area contributed by atoms with Crippen LogP contribution in [0, 0.1) is 24.2 Å². The van der Waals surface area contributed by atoms with Gasteiger partial charge in [0.25, 0.3) is 0 Å². The summed E-state index contributed by atoms with van der Waals surface area (Å²) in [6, 6.07) is 0. The summed E-state index contributed by atoms with van der Waals surface area (Å²) >= 11 is 0. The Kier molecular flexibility index (Phi) is 4.87. The first-order valence-corrected chi connectivity index (χ1v) is 4.70. The van der Waals surface area contributed by atoms with Crippen molar-refractivity contribution in [2.45, 2.75) is 32.1 Å². The Morgan fingerprint density at radius 3 is 2.75 bits per heavy atom. The molecule has 0 bridgehead atoms. The van der Waals surface area contributed by atoms with Gasteiger partial charge in [-0.2, -0.15) is 0 Å². The molecule has 1 fully saturated rings. The van der Waals surface area contributed by atoms with Crippen molar-refractivity contribution in [1.82, 2.24) is 0 Å². The van der Waals surface area contributed by atoms with Crippen molar-refractivity contribution in [3.63, 3.8) is 0 Å². The van der Waals surface area contributed by atoms with E-state index < -0.39 is 0 Å². The van der Waals surface area contributed by atoms with Crippen LogP contribution in [0.1, 0.15) is 32.1 Å². The van der Waals surface area contributed by atoms with Gasteiger partial charge in [0.15, 0.2) is 0 Å². The summed E-state index contributed by atoms with van der Waals surface area (Å²) in [5.74, 6) is 7.01. The molecule has 0 unspecified atom stereocenters. The Hall–Kier alpha value is -0.480. The molecule has 0 amide bonds. The van der Waals surface area contributed by atoms with E-state index in [1.165, 1.54) is 25.7 Å². The molecule has 0 spiro atoms. The fourth-order valence-corrected chi connectivity index (χ4v) is 1.54. The molecule has 1 aliphatic carbocycles. The zero-order valence-electron chi connectivity index (χ0n) is 7.81. The Morgan fingerprint density at radius 2 is 2.08 bits per heavy atom. The maximum Gasteiger partial charge on any atom is 0.107 e. The fourth-order valence-electron chi connectivity index (χ4n) is 1.54. The molecule has 1 radical (unpaired) electrons. The van der Waals surface area contributed by atoms with E-state index in [4.69, 9.17) is 4.74 Å². The van der Waals surface area contributed by atoms with Crippen molar-refractivity contribution in [3.8, 4) is 11.8 Å². The Labute approximate surface area is 75.5 Å². The second kappa shape index (κ2) is 6.08. The first-order valence-electron chi connectivity index (χ1n) is 4.70. The molecule has 12 heavy (non-hydrogen) atoms. The van der Waals surface area contributed by atoms with Gasteiger partial charge in [-0.1, -0.05) is 5.92 Å². The van der Waals surface area contributed by atoms with Gasteiger partial charge < -0.3 is 4.74 Å². The average molecular weight is 165 g/mol. The van der Waals surface area contributed by atoms with Gasteiger partial charge in [-0.15, -0.1) is 5.92 Å². The number of hydrogen-bond acceptors (Lipinski definition) is 1. The molecular formula is C11H17O. The minimum Gasteiger partial charge on any atom is -0.372 e. The van der Waals surface area contributed by atoms with Crippen LogP contribution in [0.3, 0.4) is 0 Å². The van der Waals surface area contributed by atoms with Crippen LogP contribution >= 0.6 is 0 Å². The normalized spacial score (nSPS) is 18.4. The largest absolute Gasteiger partial charge is 0.372 e. The van der Waals surface area contributed by atoms with Gasteiger partial charge >= 0.3 is 0 Å². The van der Waals surface area contributed by atoms with E-state index in [0.29, 0.717) is 6.61 Å². The molecule has 0 aromatic rings.